The van der Waals surface area contributed by atoms with Gasteiger partial charge in [0.25, 0.3) is 0 Å². The second-order valence-electron chi connectivity index (χ2n) is 9.21. The van der Waals surface area contributed by atoms with Crippen LogP contribution in [-0.4, -0.2) is 24.4 Å². The maximum atomic E-state index is 4.08. The molecule has 4 aromatic heterocycles. The molecule has 0 spiro atoms. The van der Waals surface area contributed by atoms with Gasteiger partial charge < -0.3 is 28.5 Å². The van der Waals surface area contributed by atoms with Crippen molar-refractivity contribution in [3.05, 3.63) is 127 Å². The summed E-state index contributed by atoms with van der Waals surface area (Å²) in [4.78, 5) is 4.08. The number of aromatic nitrogens is 8. The summed E-state index contributed by atoms with van der Waals surface area (Å²) in [7, 11) is 3.92. The van der Waals surface area contributed by atoms with Crippen molar-refractivity contribution in [1.29, 1.82) is 0 Å². The Morgan fingerprint density at radius 2 is 1.35 bits per heavy atom. The molecule has 6 aromatic rings. The summed E-state index contributed by atoms with van der Waals surface area (Å²) in [6, 6.07) is 20.4. The Morgan fingerprint density at radius 1 is 0.800 bits per heavy atom. The topological polar surface area (TPSA) is 70.4 Å². The van der Waals surface area contributed by atoms with Crippen LogP contribution in [0.5, 0.6) is 0 Å². The zero-order chi connectivity index (χ0) is 27.8. The van der Waals surface area contributed by atoms with E-state index in [9.17, 15) is 0 Å². The minimum atomic E-state index is 0. The normalized spacial score (nSPS) is 10.1. The first-order chi connectivity index (χ1) is 18.8. The molecule has 8 nitrogen and oxygen atoms in total. The maximum Gasteiger partial charge on any atom is 0.241 e. The van der Waals surface area contributed by atoms with Gasteiger partial charge in [-0.1, -0.05) is 51.3 Å². The minimum Gasteiger partial charge on any atom is -0.358 e. The van der Waals surface area contributed by atoms with Gasteiger partial charge in [-0.15, -0.1) is 0 Å². The molecule has 207 valence electrons. The predicted molar refractivity (Wildman–Crippen MR) is 147 cm³/mol. The van der Waals surface area contributed by atoms with Crippen molar-refractivity contribution in [2.45, 2.75) is 27.7 Å². The molecule has 0 amide bonds. The van der Waals surface area contributed by atoms with Crippen LogP contribution >= 0.6 is 0 Å². The summed E-state index contributed by atoms with van der Waals surface area (Å²) in [5.41, 5.74) is 8.57. The zero-order valence-electron chi connectivity index (χ0n) is 23.4. The standard InChI is InChI=1S/2C12H13N2.C7H5N4.Ir/c2*1-10-4-5-12(11(2)8-10)14-7-6-13(3)9-14;1-2-4-8-6(3-1)7-5-9-11-10-7;/h2*4,6-8H,1-3H3;1-5H;/q3*-1;. The Balaban J connectivity index is 0.000000165. The van der Waals surface area contributed by atoms with Gasteiger partial charge in [-0.2, -0.15) is 58.7 Å². The second kappa shape index (κ2) is 14.3. The summed E-state index contributed by atoms with van der Waals surface area (Å²) >= 11 is 0. The van der Waals surface area contributed by atoms with Gasteiger partial charge in [0.05, 0.1) is 19.8 Å². The molecular weight excluding hydrogens is 677 g/mol. The smallest absolute Gasteiger partial charge is 0.241 e. The molecular formula is C31H31IrN8-3. The number of benzene rings is 2. The van der Waals surface area contributed by atoms with Crippen molar-refractivity contribution in [3.8, 4) is 22.8 Å². The first-order valence-electron chi connectivity index (χ1n) is 12.4. The number of hydrogen-bond donors (Lipinski definition) is 0. The summed E-state index contributed by atoms with van der Waals surface area (Å²) < 4.78 is 7.70. The molecule has 0 aliphatic rings. The fourth-order valence-corrected chi connectivity index (χ4v) is 3.88. The third-order valence-electron chi connectivity index (χ3n) is 5.71. The zero-order valence-corrected chi connectivity index (χ0v) is 25.8. The Kier molecular flexibility index (Phi) is 10.8. The van der Waals surface area contributed by atoms with Gasteiger partial charge in [0.15, 0.2) is 0 Å². The molecule has 2 aromatic carbocycles. The van der Waals surface area contributed by atoms with E-state index in [0.29, 0.717) is 5.69 Å². The molecule has 0 unspecified atom stereocenters. The molecule has 0 saturated carbocycles. The SMILES string of the molecule is Cc1c[c-]c(-n2[c-][n+](C)cc2)c(C)c1.Cc1c[c-]c(-n2[c-][n+](C)cc2)c(C)c1.[Ir].c1ccc(-c2cnn[n-]2)nc1. The van der Waals surface area contributed by atoms with Gasteiger partial charge >= 0.3 is 0 Å². The average Bonchev–Trinajstić information content (AvgIpc) is 3.69. The summed E-state index contributed by atoms with van der Waals surface area (Å²) in [5.74, 6) is 0. The quantitative estimate of drug-likeness (QED) is 0.209. The third kappa shape index (κ3) is 8.15. The molecule has 9 heteroatoms. The van der Waals surface area contributed by atoms with Crippen LogP contribution in [0.25, 0.3) is 22.8 Å². The van der Waals surface area contributed by atoms with Crippen molar-refractivity contribution in [2.24, 2.45) is 14.1 Å². The van der Waals surface area contributed by atoms with Gasteiger partial charge in [0.2, 0.25) is 12.7 Å². The van der Waals surface area contributed by atoms with Gasteiger partial charge in [-0.3, -0.25) is 10.2 Å². The van der Waals surface area contributed by atoms with Crippen LogP contribution in [-0.2, 0) is 34.2 Å². The first kappa shape index (κ1) is 30.3. The molecule has 0 aliphatic heterocycles. The molecule has 0 bridgehead atoms. The average molecular weight is 708 g/mol. The van der Waals surface area contributed by atoms with Gasteiger partial charge in [-0.05, 0) is 17.8 Å². The Labute approximate surface area is 249 Å². The summed E-state index contributed by atoms with van der Waals surface area (Å²) in [5, 5.41) is 10.8. The molecule has 4 heterocycles. The Bertz CT molecular complexity index is 1530. The van der Waals surface area contributed by atoms with E-state index in [1.165, 1.54) is 22.3 Å². The van der Waals surface area contributed by atoms with Crippen molar-refractivity contribution in [2.75, 3.05) is 0 Å². The molecule has 0 aliphatic carbocycles. The van der Waals surface area contributed by atoms with Crippen LogP contribution in [0.15, 0.2) is 79.6 Å². The van der Waals surface area contributed by atoms with Crippen LogP contribution in [0.4, 0.5) is 0 Å². The van der Waals surface area contributed by atoms with Crippen LogP contribution in [0.1, 0.15) is 22.3 Å². The molecule has 6 rings (SSSR count). The van der Waals surface area contributed by atoms with E-state index >= 15 is 0 Å². The van der Waals surface area contributed by atoms with Crippen molar-refractivity contribution in [1.82, 2.24) is 29.5 Å². The largest absolute Gasteiger partial charge is 0.358 e. The molecule has 0 saturated heterocycles. The van der Waals surface area contributed by atoms with Crippen LogP contribution < -0.4 is 14.2 Å². The summed E-state index contributed by atoms with van der Waals surface area (Å²) in [6.45, 7) is 8.33. The molecule has 0 fully saturated rings. The van der Waals surface area contributed by atoms with Crippen molar-refractivity contribution in [3.63, 3.8) is 0 Å². The number of rotatable bonds is 3. The van der Waals surface area contributed by atoms with Crippen molar-refractivity contribution < 1.29 is 29.2 Å². The van der Waals surface area contributed by atoms with E-state index in [-0.39, 0.29) is 20.1 Å². The molecule has 0 atom stereocenters. The van der Waals surface area contributed by atoms with Crippen LogP contribution in [0.3, 0.4) is 0 Å². The predicted octanol–water partition coefficient (Wildman–Crippen LogP) is 3.53. The molecule has 0 N–H and O–H groups in total. The molecule has 40 heavy (non-hydrogen) atoms. The van der Waals surface area contributed by atoms with Gasteiger partial charge in [-0.25, -0.2) is 0 Å². The number of aryl methyl sites for hydroxylation is 6. The number of hydrogen-bond acceptors (Lipinski definition) is 3. The number of imidazole rings is 2. The first-order valence-corrected chi connectivity index (χ1v) is 12.4. The Morgan fingerprint density at radius 3 is 1.73 bits per heavy atom. The Hall–Kier alpha value is -4.20. The monoisotopic (exact) mass is 708 g/mol. The third-order valence-corrected chi connectivity index (χ3v) is 5.71. The fraction of sp³-hybridized carbons (Fsp3) is 0.194. The van der Waals surface area contributed by atoms with E-state index in [0.717, 1.165) is 17.1 Å². The van der Waals surface area contributed by atoms with E-state index in [4.69, 9.17) is 0 Å². The van der Waals surface area contributed by atoms with Crippen LogP contribution in [0, 0.1) is 52.5 Å². The summed E-state index contributed by atoms with van der Waals surface area (Å²) in [6.07, 6.45) is 17.5. The maximum absolute atomic E-state index is 4.08. The van der Waals surface area contributed by atoms with Gasteiger partial charge in [0.1, 0.15) is 0 Å². The second-order valence-corrected chi connectivity index (χ2v) is 9.21. The van der Waals surface area contributed by atoms with E-state index in [2.05, 4.69) is 85.0 Å². The molecule has 1 radical (unpaired) electrons. The van der Waals surface area contributed by atoms with Crippen molar-refractivity contribution >= 4 is 0 Å². The van der Waals surface area contributed by atoms with E-state index in [1.807, 2.05) is 87.5 Å². The number of nitrogens with zero attached hydrogens (tertiary/aromatic N) is 8. The van der Waals surface area contributed by atoms with E-state index in [1.54, 1.807) is 12.4 Å². The van der Waals surface area contributed by atoms with Gasteiger partial charge in [0, 0.05) is 51.1 Å². The fourth-order valence-electron chi connectivity index (χ4n) is 3.88. The van der Waals surface area contributed by atoms with Crippen LogP contribution in [0.2, 0.25) is 0 Å². The number of pyridine rings is 1. The van der Waals surface area contributed by atoms with E-state index < -0.39 is 0 Å². The minimum absolute atomic E-state index is 0.